The molecule has 0 saturated carbocycles. The van der Waals surface area contributed by atoms with Crippen LogP contribution < -0.4 is 16.4 Å². The molecule has 7 rings (SSSR count). The molecular weight excluding hydrogens is 594 g/mol. The summed E-state index contributed by atoms with van der Waals surface area (Å²) in [5, 5.41) is 19.0. The third kappa shape index (κ3) is 5.32. The van der Waals surface area contributed by atoms with Crippen molar-refractivity contribution in [1.82, 2.24) is 29.2 Å². The number of anilines is 2. The Morgan fingerprint density at radius 2 is 1.89 bits per heavy atom. The van der Waals surface area contributed by atoms with Gasteiger partial charge in [-0.15, -0.1) is 11.3 Å². The van der Waals surface area contributed by atoms with E-state index < -0.39 is 6.61 Å². The Labute approximate surface area is 261 Å². The van der Waals surface area contributed by atoms with Gasteiger partial charge in [0.1, 0.15) is 16.2 Å². The van der Waals surface area contributed by atoms with Crippen molar-refractivity contribution in [3.05, 3.63) is 91.3 Å². The van der Waals surface area contributed by atoms with Crippen molar-refractivity contribution in [2.24, 2.45) is 7.05 Å². The van der Waals surface area contributed by atoms with Gasteiger partial charge in [-0.2, -0.15) is 9.78 Å². The Kier molecular flexibility index (Phi) is 7.73. The van der Waals surface area contributed by atoms with E-state index in [9.17, 15) is 19.5 Å². The van der Waals surface area contributed by atoms with E-state index in [2.05, 4.69) is 20.4 Å². The Morgan fingerprint density at radius 1 is 1.07 bits per heavy atom. The average molecular weight is 626 g/mol. The monoisotopic (exact) mass is 625 g/mol. The second kappa shape index (κ2) is 12.0. The van der Waals surface area contributed by atoms with Crippen LogP contribution in [-0.2, 0) is 31.2 Å². The van der Waals surface area contributed by atoms with Crippen molar-refractivity contribution in [3.63, 3.8) is 0 Å². The van der Waals surface area contributed by atoms with Crippen LogP contribution in [0.3, 0.4) is 0 Å². The normalized spacial score (nSPS) is 14.8. The number of nitrogens with zero attached hydrogens (tertiary/aromatic N) is 6. The van der Waals surface area contributed by atoms with Crippen molar-refractivity contribution >= 4 is 38.8 Å². The van der Waals surface area contributed by atoms with Crippen LogP contribution in [0.2, 0.25) is 0 Å². The van der Waals surface area contributed by atoms with Crippen molar-refractivity contribution in [1.29, 1.82) is 0 Å². The number of aliphatic hydroxyl groups excluding tert-OH is 1. The van der Waals surface area contributed by atoms with Gasteiger partial charge in [0.15, 0.2) is 5.82 Å². The zero-order chi connectivity index (χ0) is 31.1. The van der Waals surface area contributed by atoms with Crippen LogP contribution in [0, 0.1) is 0 Å². The molecule has 5 aromatic heterocycles. The number of hydrogen-bond donors (Lipinski definition) is 2. The molecule has 0 spiro atoms. The topological polar surface area (TPSA) is 144 Å². The molecule has 1 fully saturated rings. The molecule has 6 heterocycles. The number of aryl methyl sites for hydroxylation is 3. The number of aliphatic hydroxyl groups is 1. The molecular formula is C32H31N7O5S. The lowest BCUT2D eigenvalue weighted by molar-refractivity contribution is 0.0302. The summed E-state index contributed by atoms with van der Waals surface area (Å²) < 4.78 is 8.66. The quantitative estimate of drug-likeness (QED) is 0.291. The van der Waals surface area contributed by atoms with Gasteiger partial charge in [-0.05, 0) is 61.1 Å². The van der Waals surface area contributed by atoms with E-state index in [1.807, 2.05) is 0 Å². The van der Waals surface area contributed by atoms with Crippen molar-refractivity contribution in [2.75, 3.05) is 31.6 Å². The number of pyridine rings is 3. The summed E-state index contributed by atoms with van der Waals surface area (Å²) in [6.07, 6.45) is 10.6. The molecule has 0 radical (unpaired) electrons. The van der Waals surface area contributed by atoms with Crippen LogP contribution in [0.1, 0.15) is 39.2 Å². The summed E-state index contributed by atoms with van der Waals surface area (Å²) in [5.74, 6) is 0.508. The predicted molar refractivity (Wildman–Crippen MR) is 170 cm³/mol. The van der Waals surface area contributed by atoms with Gasteiger partial charge in [0.25, 0.3) is 17.0 Å². The lowest BCUT2D eigenvalue weighted by Crippen LogP contribution is -2.40. The number of hydrogen-bond acceptors (Lipinski definition) is 10. The van der Waals surface area contributed by atoms with E-state index in [-0.39, 0.29) is 28.5 Å². The molecule has 0 unspecified atom stereocenters. The number of morpholine rings is 1. The molecule has 0 bridgehead atoms. The molecule has 5 aromatic rings. The Bertz CT molecular complexity index is 2040. The van der Waals surface area contributed by atoms with Crippen molar-refractivity contribution in [3.8, 4) is 16.9 Å². The first-order valence-electron chi connectivity index (χ1n) is 14.9. The summed E-state index contributed by atoms with van der Waals surface area (Å²) >= 11 is 1.52. The van der Waals surface area contributed by atoms with E-state index in [0.29, 0.717) is 59.1 Å². The molecule has 13 heteroatoms. The van der Waals surface area contributed by atoms with Gasteiger partial charge >= 0.3 is 0 Å². The van der Waals surface area contributed by atoms with Gasteiger partial charge in [-0.3, -0.25) is 14.4 Å². The van der Waals surface area contributed by atoms with Crippen LogP contribution in [0.15, 0.2) is 58.6 Å². The molecule has 2 N–H and O–H groups in total. The fraction of sp³-hybridized carbons (Fsp3) is 0.312. The third-order valence-electron chi connectivity index (χ3n) is 8.36. The number of carbonyl (C=O) groups is 1. The third-order valence-corrected chi connectivity index (χ3v) is 9.65. The maximum atomic E-state index is 13.7. The molecule has 1 amide bonds. The molecule has 0 aromatic carbocycles. The summed E-state index contributed by atoms with van der Waals surface area (Å²) in [6, 6.07) is 6.73. The van der Waals surface area contributed by atoms with Crippen molar-refractivity contribution < 1.29 is 14.6 Å². The number of carbonyl (C=O) groups excluding carboxylic acids is 1. The first-order chi connectivity index (χ1) is 21.9. The zero-order valence-corrected chi connectivity index (χ0v) is 25.5. The smallest absolute Gasteiger partial charge is 0.290 e. The van der Waals surface area contributed by atoms with E-state index in [1.54, 1.807) is 54.8 Å². The zero-order valence-electron chi connectivity index (χ0n) is 24.7. The Morgan fingerprint density at radius 3 is 2.67 bits per heavy atom. The van der Waals surface area contributed by atoms with E-state index in [4.69, 9.17) is 4.74 Å². The lowest BCUT2D eigenvalue weighted by Gasteiger charge is -2.26. The molecule has 2 aliphatic rings. The number of fused-ring (bicyclic) bond motifs is 3. The van der Waals surface area contributed by atoms with Crippen molar-refractivity contribution in [2.45, 2.75) is 32.3 Å². The maximum Gasteiger partial charge on any atom is 0.290 e. The van der Waals surface area contributed by atoms with E-state index in [1.165, 1.54) is 37.2 Å². The van der Waals surface area contributed by atoms with Crippen LogP contribution in [0.25, 0.3) is 27.0 Å². The Balaban J connectivity index is 1.22. The minimum absolute atomic E-state index is 0.119. The lowest BCUT2D eigenvalue weighted by atomic mass is 9.97. The summed E-state index contributed by atoms with van der Waals surface area (Å²) in [5.41, 5.74) is 2.98. The van der Waals surface area contributed by atoms with Crippen LogP contribution in [0.4, 0.5) is 11.5 Å². The summed E-state index contributed by atoms with van der Waals surface area (Å²) in [7, 11) is 1.63. The predicted octanol–water partition coefficient (Wildman–Crippen LogP) is 3.19. The Hall–Kier alpha value is -4.72. The standard InChI is InChI=1S/C32H31N7O5S/c1-37-17-20(14-25(31(37)42)36-27-7-6-19(15-34-27)30(41)38-10-12-44-13-11-38)21-8-9-33-29(24(21)18-40)39-32(43)28-23(16-35-39)22-4-2-3-5-26(22)45-28/h6-9,14-17,40H,2-5,10-13,18H2,1H3,(H,34,36). The number of nitrogens with one attached hydrogen (secondary N) is 1. The number of thiophene rings is 1. The summed E-state index contributed by atoms with van der Waals surface area (Å²) in [4.78, 5) is 51.4. The minimum atomic E-state index is -0.405. The average Bonchev–Trinajstić information content (AvgIpc) is 3.47. The molecule has 230 valence electrons. The van der Waals surface area contributed by atoms with E-state index >= 15 is 0 Å². The molecule has 0 atom stereocenters. The van der Waals surface area contributed by atoms with E-state index in [0.717, 1.165) is 31.1 Å². The first-order valence-corrected chi connectivity index (χ1v) is 15.7. The van der Waals surface area contributed by atoms with Crippen LogP contribution in [-0.4, -0.2) is 66.5 Å². The molecule has 1 saturated heterocycles. The highest BCUT2D eigenvalue weighted by molar-refractivity contribution is 7.19. The molecule has 1 aliphatic heterocycles. The summed E-state index contributed by atoms with van der Waals surface area (Å²) in [6.45, 7) is 1.67. The maximum absolute atomic E-state index is 13.7. The van der Waals surface area contributed by atoms with Gasteiger partial charge in [0.05, 0.1) is 31.6 Å². The second-order valence-electron chi connectivity index (χ2n) is 11.2. The van der Waals surface area contributed by atoms with Gasteiger partial charge in [-0.1, -0.05) is 0 Å². The minimum Gasteiger partial charge on any atom is -0.392 e. The first kappa shape index (κ1) is 29.0. The highest BCUT2D eigenvalue weighted by Gasteiger charge is 2.22. The molecule has 1 aliphatic carbocycles. The number of aromatic nitrogens is 5. The highest BCUT2D eigenvalue weighted by Crippen LogP contribution is 2.35. The fourth-order valence-electron chi connectivity index (χ4n) is 6.02. The fourth-order valence-corrected chi connectivity index (χ4v) is 7.31. The number of rotatable bonds is 6. The van der Waals surface area contributed by atoms with Crippen LogP contribution in [0.5, 0.6) is 0 Å². The van der Waals surface area contributed by atoms with Crippen LogP contribution >= 0.6 is 11.3 Å². The number of amides is 1. The molecule has 12 nitrogen and oxygen atoms in total. The second-order valence-corrected chi connectivity index (χ2v) is 12.3. The van der Waals surface area contributed by atoms with Gasteiger partial charge < -0.3 is 24.6 Å². The van der Waals surface area contributed by atoms with Gasteiger partial charge in [0.2, 0.25) is 0 Å². The van der Waals surface area contributed by atoms with Gasteiger partial charge in [-0.25, -0.2) is 9.97 Å². The number of ether oxygens (including phenoxy) is 1. The van der Waals surface area contributed by atoms with Gasteiger partial charge in [0, 0.05) is 60.1 Å². The largest absolute Gasteiger partial charge is 0.392 e. The SMILES string of the molecule is Cn1cc(-c2ccnc(-n3ncc4c5c(sc4c3=O)CCCC5)c2CO)cc(Nc2ccc(C(=O)N3CCOCC3)cn2)c1=O. The molecule has 45 heavy (non-hydrogen) atoms. The highest BCUT2D eigenvalue weighted by atomic mass is 32.1.